The van der Waals surface area contributed by atoms with Gasteiger partial charge in [0.1, 0.15) is 4.60 Å². The predicted molar refractivity (Wildman–Crippen MR) is 68.3 cm³/mol. The fourth-order valence-electron chi connectivity index (χ4n) is 2.11. The largest absolute Gasteiger partial charge is 0.375 e. The highest BCUT2D eigenvalue weighted by Gasteiger charge is 2.21. The van der Waals surface area contributed by atoms with Gasteiger partial charge in [0, 0.05) is 31.7 Å². The number of nitrogens with zero attached hydrogens (tertiary/aromatic N) is 4. The second-order valence-corrected chi connectivity index (χ2v) is 4.99. The number of hydrogen-bond acceptors (Lipinski definition) is 4. The average molecular weight is 297 g/mol. The zero-order valence-corrected chi connectivity index (χ0v) is 11.1. The summed E-state index contributed by atoms with van der Waals surface area (Å²) in [5.74, 6) is 0.916. The highest BCUT2D eigenvalue weighted by Crippen LogP contribution is 2.22. The lowest BCUT2D eigenvalue weighted by molar-refractivity contribution is 0.0530. The molecule has 90 valence electrons. The summed E-state index contributed by atoms with van der Waals surface area (Å²) < 4.78 is 8.34. The summed E-state index contributed by atoms with van der Waals surface area (Å²) in [4.78, 5) is 11.1. The van der Waals surface area contributed by atoms with E-state index in [9.17, 15) is 0 Å². The molecule has 6 heteroatoms. The van der Waals surface area contributed by atoms with Gasteiger partial charge in [0.05, 0.1) is 12.7 Å². The van der Waals surface area contributed by atoms with Crippen LogP contribution in [0.5, 0.6) is 0 Å². The smallest absolute Gasteiger partial charge is 0.180 e. The summed E-state index contributed by atoms with van der Waals surface area (Å²) in [7, 11) is 0. The minimum absolute atomic E-state index is 0.236. The normalized spacial score (nSPS) is 21.1. The monoisotopic (exact) mass is 296 g/mol. The number of hydrogen-bond donors (Lipinski definition) is 0. The first-order valence-electron chi connectivity index (χ1n) is 5.60. The SMILES string of the molecule is CC1CN(c2nc(Br)cn3ccnc23)CCO1. The van der Waals surface area contributed by atoms with Crippen molar-refractivity contribution in [2.75, 3.05) is 24.6 Å². The van der Waals surface area contributed by atoms with E-state index in [4.69, 9.17) is 4.74 Å². The van der Waals surface area contributed by atoms with Crippen LogP contribution in [0, 0.1) is 0 Å². The van der Waals surface area contributed by atoms with Crippen LogP contribution < -0.4 is 4.90 Å². The Morgan fingerprint density at radius 2 is 2.41 bits per heavy atom. The molecule has 0 saturated carbocycles. The Bertz CT molecular complexity index is 541. The molecule has 0 radical (unpaired) electrons. The number of anilines is 1. The molecular formula is C11H13BrN4O. The topological polar surface area (TPSA) is 42.7 Å². The van der Waals surface area contributed by atoms with Crippen molar-refractivity contribution in [1.29, 1.82) is 0 Å². The van der Waals surface area contributed by atoms with Crippen LogP contribution in [0.15, 0.2) is 23.2 Å². The molecule has 1 saturated heterocycles. The highest BCUT2D eigenvalue weighted by atomic mass is 79.9. The highest BCUT2D eigenvalue weighted by molar-refractivity contribution is 9.10. The standard InChI is InChI=1S/C11H13BrN4O/c1-8-6-16(4-5-17-8)11-10-13-2-3-15(10)7-9(12)14-11/h2-3,7-8H,4-6H2,1H3. The number of rotatable bonds is 1. The zero-order valence-electron chi connectivity index (χ0n) is 9.51. The molecule has 0 amide bonds. The third-order valence-electron chi connectivity index (χ3n) is 2.87. The van der Waals surface area contributed by atoms with Gasteiger partial charge in [-0.15, -0.1) is 0 Å². The van der Waals surface area contributed by atoms with E-state index >= 15 is 0 Å². The van der Waals surface area contributed by atoms with Crippen molar-refractivity contribution < 1.29 is 4.74 Å². The molecule has 0 bridgehead atoms. The van der Waals surface area contributed by atoms with Crippen molar-refractivity contribution in [1.82, 2.24) is 14.4 Å². The van der Waals surface area contributed by atoms with Gasteiger partial charge in [0.25, 0.3) is 0 Å². The summed E-state index contributed by atoms with van der Waals surface area (Å²) in [5, 5.41) is 0. The van der Waals surface area contributed by atoms with Crippen LogP contribution >= 0.6 is 15.9 Å². The molecule has 0 aliphatic carbocycles. The summed E-state index contributed by atoms with van der Waals surface area (Å²) >= 11 is 3.43. The Morgan fingerprint density at radius 1 is 1.53 bits per heavy atom. The van der Waals surface area contributed by atoms with Gasteiger partial charge in [0.2, 0.25) is 0 Å². The van der Waals surface area contributed by atoms with E-state index < -0.39 is 0 Å². The number of halogens is 1. The fraction of sp³-hybridized carbons (Fsp3) is 0.455. The summed E-state index contributed by atoms with van der Waals surface area (Å²) in [5.41, 5.74) is 0.891. The van der Waals surface area contributed by atoms with Gasteiger partial charge in [-0.2, -0.15) is 0 Å². The van der Waals surface area contributed by atoms with Crippen LogP contribution in [0.3, 0.4) is 0 Å². The first-order valence-corrected chi connectivity index (χ1v) is 6.39. The maximum atomic E-state index is 5.54. The number of aromatic nitrogens is 3. The van der Waals surface area contributed by atoms with Crippen molar-refractivity contribution in [2.24, 2.45) is 0 Å². The quantitative estimate of drug-likeness (QED) is 0.804. The van der Waals surface area contributed by atoms with Crippen LogP contribution in [-0.4, -0.2) is 40.2 Å². The van der Waals surface area contributed by atoms with Gasteiger partial charge in [-0.3, -0.25) is 0 Å². The number of fused-ring (bicyclic) bond motifs is 1. The molecule has 1 atom stereocenters. The van der Waals surface area contributed by atoms with Gasteiger partial charge in [-0.25, -0.2) is 9.97 Å². The van der Waals surface area contributed by atoms with Gasteiger partial charge >= 0.3 is 0 Å². The zero-order chi connectivity index (χ0) is 11.8. The van der Waals surface area contributed by atoms with Gasteiger partial charge < -0.3 is 14.0 Å². The Morgan fingerprint density at radius 3 is 3.24 bits per heavy atom. The fourth-order valence-corrected chi connectivity index (χ4v) is 2.50. The maximum Gasteiger partial charge on any atom is 0.180 e. The Balaban J connectivity index is 2.06. The van der Waals surface area contributed by atoms with Gasteiger partial charge in [-0.05, 0) is 22.9 Å². The first kappa shape index (κ1) is 11.0. The molecule has 1 unspecified atom stereocenters. The molecule has 0 spiro atoms. The van der Waals surface area contributed by atoms with Crippen molar-refractivity contribution in [3.63, 3.8) is 0 Å². The van der Waals surface area contributed by atoms with Crippen LogP contribution in [0.1, 0.15) is 6.92 Å². The van der Waals surface area contributed by atoms with Crippen LogP contribution in [0.25, 0.3) is 5.65 Å². The molecule has 2 aromatic rings. The lowest BCUT2D eigenvalue weighted by atomic mass is 10.3. The van der Waals surface area contributed by atoms with Crippen LogP contribution in [-0.2, 0) is 4.74 Å². The Hall–Kier alpha value is -1.14. The summed E-state index contributed by atoms with van der Waals surface area (Å²) in [6.07, 6.45) is 5.86. The van der Waals surface area contributed by atoms with E-state index in [0.717, 1.165) is 35.8 Å². The molecule has 1 aliphatic heterocycles. The van der Waals surface area contributed by atoms with E-state index in [-0.39, 0.29) is 6.10 Å². The summed E-state index contributed by atoms with van der Waals surface area (Å²) in [6, 6.07) is 0. The van der Waals surface area contributed by atoms with E-state index in [1.165, 1.54) is 0 Å². The second-order valence-electron chi connectivity index (χ2n) is 4.17. The minimum Gasteiger partial charge on any atom is -0.375 e. The van der Waals surface area contributed by atoms with E-state index in [2.05, 4.69) is 37.7 Å². The van der Waals surface area contributed by atoms with E-state index in [1.807, 2.05) is 16.8 Å². The van der Waals surface area contributed by atoms with E-state index in [1.54, 1.807) is 6.20 Å². The lowest BCUT2D eigenvalue weighted by Crippen LogP contribution is -2.41. The molecule has 0 N–H and O–H groups in total. The lowest BCUT2D eigenvalue weighted by Gasteiger charge is -2.32. The molecule has 2 aromatic heterocycles. The molecule has 17 heavy (non-hydrogen) atoms. The van der Waals surface area contributed by atoms with E-state index in [0.29, 0.717) is 0 Å². The maximum absolute atomic E-state index is 5.54. The predicted octanol–water partition coefficient (Wildman–Crippen LogP) is 1.72. The Kier molecular flexibility index (Phi) is 2.76. The molecular weight excluding hydrogens is 284 g/mol. The molecule has 3 rings (SSSR count). The minimum atomic E-state index is 0.236. The van der Waals surface area contributed by atoms with Crippen molar-refractivity contribution in [3.8, 4) is 0 Å². The summed E-state index contributed by atoms with van der Waals surface area (Å²) in [6.45, 7) is 4.53. The molecule has 0 aromatic carbocycles. The first-order chi connectivity index (χ1) is 8.24. The molecule has 1 aliphatic rings. The van der Waals surface area contributed by atoms with Crippen LogP contribution in [0.4, 0.5) is 5.82 Å². The number of morpholine rings is 1. The second kappa shape index (κ2) is 4.27. The van der Waals surface area contributed by atoms with Crippen molar-refractivity contribution in [2.45, 2.75) is 13.0 Å². The third-order valence-corrected chi connectivity index (χ3v) is 3.25. The molecule has 1 fully saturated rings. The molecule has 5 nitrogen and oxygen atoms in total. The Labute approximate surface area is 108 Å². The van der Waals surface area contributed by atoms with Gasteiger partial charge in [-0.1, -0.05) is 0 Å². The number of imidazole rings is 1. The van der Waals surface area contributed by atoms with Crippen molar-refractivity contribution >= 4 is 27.4 Å². The number of ether oxygens (including phenoxy) is 1. The van der Waals surface area contributed by atoms with Crippen molar-refractivity contribution in [3.05, 3.63) is 23.2 Å². The average Bonchev–Trinajstić information content (AvgIpc) is 2.75. The molecule has 3 heterocycles. The van der Waals surface area contributed by atoms with Gasteiger partial charge in [0.15, 0.2) is 11.5 Å². The van der Waals surface area contributed by atoms with Crippen LogP contribution in [0.2, 0.25) is 0 Å². The third kappa shape index (κ3) is 2.02.